The third-order valence-electron chi connectivity index (χ3n) is 8.92. The van der Waals surface area contributed by atoms with Crippen molar-refractivity contribution in [2.24, 2.45) is 0 Å². The lowest BCUT2D eigenvalue weighted by atomic mass is 9.86. The molecule has 0 N–H and O–H groups in total. The van der Waals surface area contributed by atoms with Gasteiger partial charge in [-0.15, -0.1) is 0 Å². The van der Waals surface area contributed by atoms with Crippen LogP contribution in [-0.4, -0.2) is 0 Å². The lowest BCUT2D eigenvalue weighted by Gasteiger charge is -2.19. The highest BCUT2D eigenvalue weighted by Crippen LogP contribution is 2.36. The molecule has 0 radical (unpaired) electrons. The van der Waals surface area contributed by atoms with Gasteiger partial charge in [0.1, 0.15) is 0 Å². The summed E-state index contributed by atoms with van der Waals surface area (Å²) in [5.41, 5.74) is 1.92. The minimum Gasteiger partial charge on any atom is -0.289 e. The molecule has 0 bridgehead atoms. The van der Waals surface area contributed by atoms with E-state index in [1.54, 1.807) is 0 Å². The molecule has 0 spiro atoms. The van der Waals surface area contributed by atoms with Crippen molar-refractivity contribution in [2.75, 3.05) is 0 Å². The highest BCUT2D eigenvalue weighted by atomic mass is 16.1. The Hall–Kier alpha value is -4.56. The first-order valence-corrected chi connectivity index (χ1v) is 14.7. The van der Waals surface area contributed by atoms with Crippen LogP contribution in [0, 0.1) is 0 Å². The van der Waals surface area contributed by atoms with Gasteiger partial charge in [-0.3, -0.25) is 9.59 Å². The van der Waals surface area contributed by atoms with E-state index in [-0.39, 0.29) is 21.7 Å². The van der Waals surface area contributed by atoms with Crippen molar-refractivity contribution in [3.63, 3.8) is 0 Å². The van der Waals surface area contributed by atoms with Crippen molar-refractivity contribution >= 4 is 64.6 Å². The van der Waals surface area contributed by atoms with E-state index in [0.717, 1.165) is 54.2 Å². The number of rotatable bonds is 0. The predicted molar refractivity (Wildman–Crippen MR) is 181 cm³/mol. The molecule has 0 aliphatic heterocycles. The monoisotopic (exact) mass is 546 g/mol. The molecule has 0 fully saturated rings. The molecule has 0 saturated carbocycles. The minimum absolute atomic E-state index is 0.0425. The summed E-state index contributed by atoms with van der Waals surface area (Å²) < 4.78 is 0. The molecule has 7 aromatic carbocycles. The second-order valence-electron chi connectivity index (χ2n) is 13.7. The van der Waals surface area contributed by atoms with Gasteiger partial charge in [0.2, 0.25) is 0 Å². The van der Waals surface area contributed by atoms with Crippen LogP contribution in [0.15, 0.2) is 107 Å². The summed E-state index contributed by atoms with van der Waals surface area (Å²) >= 11 is 0. The normalized spacial score (nSPS) is 12.7. The van der Waals surface area contributed by atoms with Gasteiger partial charge in [-0.05, 0) is 89.3 Å². The second-order valence-corrected chi connectivity index (χ2v) is 13.7. The van der Waals surface area contributed by atoms with Crippen LogP contribution >= 0.6 is 0 Å². The van der Waals surface area contributed by atoms with Crippen molar-refractivity contribution in [3.8, 4) is 0 Å². The molecule has 7 rings (SSSR count). The van der Waals surface area contributed by atoms with Gasteiger partial charge in [-0.1, -0.05) is 114 Å². The van der Waals surface area contributed by atoms with Gasteiger partial charge in [0.05, 0.1) is 0 Å². The van der Waals surface area contributed by atoms with Gasteiger partial charge >= 0.3 is 0 Å². The highest BCUT2D eigenvalue weighted by Gasteiger charge is 2.19. The van der Waals surface area contributed by atoms with Crippen LogP contribution in [0.25, 0.3) is 64.6 Å². The molecule has 7 aromatic rings. The van der Waals surface area contributed by atoms with E-state index in [9.17, 15) is 9.59 Å². The maximum absolute atomic E-state index is 14.5. The fourth-order valence-corrected chi connectivity index (χ4v) is 6.48. The van der Waals surface area contributed by atoms with Crippen molar-refractivity contribution < 1.29 is 0 Å². The number of fused-ring (bicyclic) bond motifs is 10. The Morgan fingerprint density at radius 3 is 0.976 bits per heavy atom. The summed E-state index contributed by atoms with van der Waals surface area (Å²) in [4.78, 5) is 29.0. The molecule has 0 amide bonds. The first-order chi connectivity index (χ1) is 19.9. The van der Waals surface area contributed by atoms with E-state index >= 15 is 0 Å². The van der Waals surface area contributed by atoms with Gasteiger partial charge in [0.15, 0.2) is 10.9 Å². The third-order valence-corrected chi connectivity index (χ3v) is 8.92. The molecule has 2 heteroatoms. The molecule has 0 saturated heterocycles. The third kappa shape index (κ3) is 3.93. The molecule has 0 aliphatic carbocycles. The smallest absolute Gasteiger partial charge is 0.194 e. The Kier molecular flexibility index (Phi) is 5.63. The summed E-state index contributed by atoms with van der Waals surface area (Å²) in [5, 5.41) is 10.2. The van der Waals surface area contributed by atoms with Gasteiger partial charge in [0.25, 0.3) is 0 Å². The Balaban J connectivity index is 1.79. The zero-order valence-electron chi connectivity index (χ0n) is 25.1. The van der Waals surface area contributed by atoms with Crippen LogP contribution < -0.4 is 10.9 Å². The molecular formula is C40H34O2. The fraction of sp³-hybridized carbons (Fsp3) is 0.200. The first kappa shape index (κ1) is 26.3. The van der Waals surface area contributed by atoms with Gasteiger partial charge < -0.3 is 0 Å². The largest absolute Gasteiger partial charge is 0.289 e. The second kappa shape index (κ2) is 8.97. The fourth-order valence-electron chi connectivity index (χ4n) is 6.48. The molecule has 0 aromatic heterocycles. The van der Waals surface area contributed by atoms with Crippen molar-refractivity contribution in [1.29, 1.82) is 0 Å². The zero-order valence-corrected chi connectivity index (χ0v) is 25.1. The minimum atomic E-state index is -0.105. The average molecular weight is 547 g/mol. The summed E-state index contributed by atoms with van der Waals surface area (Å²) in [6.07, 6.45) is 0. The van der Waals surface area contributed by atoms with E-state index in [4.69, 9.17) is 0 Å². The standard InChI is InChI=1S/C40H34O2/c1-39(2,3)23-15-17-29-25-11-7-9-13-27(25)31-21-32-28-14-10-8-12-26(28)30-18-16-24(40(4,5)6)20-34(30)38(42)36(32)22-35(31)37(41)33(29)19-23/h7-22H,1-6H3. The number of hydrogen-bond acceptors (Lipinski definition) is 2. The van der Waals surface area contributed by atoms with Crippen molar-refractivity contribution in [3.05, 3.63) is 129 Å². The maximum Gasteiger partial charge on any atom is 0.194 e. The SMILES string of the molecule is CC(C)(C)c1ccc2c(c1)c(=O)c1cc3c(=O)c4cc(C(C)(C)C)ccc4c4ccccc4c3cc1c1ccccc21. The average Bonchev–Trinajstić information content (AvgIpc) is 3.14. The summed E-state index contributed by atoms with van der Waals surface area (Å²) in [5.74, 6) is 0. The Morgan fingerprint density at radius 1 is 0.333 bits per heavy atom. The van der Waals surface area contributed by atoms with Crippen LogP contribution in [0.2, 0.25) is 0 Å². The van der Waals surface area contributed by atoms with E-state index in [1.807, 2.05) is 30.3 Å². The molecule has 0 unspecified atom stereocenters. The summed E-state index contributed by atoms with van der Waals surface area (Å²) in [6.45, 7) is 13.0. The van der Waals surface area contributed by atoms with E-state index < -0.39 is 0 Å². The zero-order chi connectivity index (χ0) is 29.6. The lowest BCUT2D eigenvalue weighted by Crippen LogP contribution is -2.12. The van der Waals surface area contributed by atoms with Gasteiger partial charge in [-0.2, -0.15) is 0 Å². The number of benzene rings is 5. The molecule has 0 heterocycles. The van der Waals surface area contributed by atoms with Crippen molar-refractivity contribution in [2.45, 2.75) is 52.4 Å². The van der Waals surface area contributed by atoms with Gasteiger partial charge in [0, 0.05) is 21.5 Å². The topological polar surface area (TPSA) is 34.1 Å². The predicted octanol–water partition coefficient (Wildman–Crippen LogP) is 9.92. The lowest BCUT2D eigenvalue weighted by molar-refractivity contribution is 0.591. The number of hydrogen-bond donors (Lipinski definition) is 0. The van der Waals surface area contributed by atoms with Crippen LogP contribution in [0.1, 0.15) is 52.7 Å². The Labute approximate surface area is 245 Å². The van der Waals surface area contributed by atoms with Crippen LogP contribution in [-0.2, 0) is 10.8 Å². The summed E-state index contributed by atoms with van der Waals surface area (Å²) in [6, 6.07) is 33.0. The van der Waals surface area contributed by atoms with Crippen LogP contribution in [0.5, 0.6) is 0 Å². The van der Waals surface area contributed by atoms with E-state index in [0.29, 0.717) is 21.5 Å². The van der Waals surface area contributed by atoms with Crippen LogP contribution in [0.4, 0.5) is 0 Å². The molecule has 2 nitrogen and oxygen atoms in total. The van der Waals surface area contributed by atoms with Crippen molar-refractivity contribution in [1.82, 2.24) is 0 Å². The van der Waals surface area contributed by atoms with E-state index in [2.05, 4.69) is 108 Å². The maximum atomic E-state index is 14.5. The highest BCUT2D eigenvalue weighted by molar-refractivity contribution is 6.24. The quantitative estimate of drug-likeness (QED) is 0.190. The summed E-state index contributed by atoms with van der Waals surface area (Å²) in [7, 11) is 0. The molecule has 0 atom stereocenters. The van der Waals surface area contributed by atoms with Crippen LogP contribution in [0.3, 0.4) is 0 Å². The molecule has 206 valence electrons. The Bertz CT molecular complexity index is 2230. The Morgan fingerprint density at radius 2 is 0.619 bits per heavy atom. The van der Waals surface area contributed by atoms with Gasteiger partial charge in [-0.25, -0.2) is 0 Å². The molecule has 0 aliphatic rings. The first-order valence-electron chi connectivity index (χ1n) is 14.7. The molecular weight excluding hydrogens is 512 g/mol. The van der Waals surface area contributed by atoms with E-state index in [1.165, 1.54) is 0 Å². The molecule has 42 heavy (non-hydrogen) atoms.